The van der Waals surface area contributed by atoms with Crippen LogP contribution in [0.4, 0.5) is 0 Å². The van der Waals surface area contributed by atoms with E-state index >= 15 is 0 Å². The van der Waals surface area contributed by atoms with Gasteiger partial charge in [0, 0.05) is 6.54 Å². The molecule has 8 nitrogen and oxygen atoms in total. The average Bonchev–Trinajstić information content (AvgIpc) is 3.42. The van der Waals surface area contributed by atoms with E-state index in [0.29, 0.717) is 29.1 Å². The monoisotopic (exact) mass is 444 g/mol. The minimum absolute atomic E-state index is 0.0911. The summed E-state index contributed by atoms with van der Waals surface area (Å²) in [6.07, 6.45) is 1.75. The number of aliphatic hydroxyl groups is 1. The molecule has 32 heavy (non-hydrogen) atoms. The van der Waals surface area contributed by atoms with Gasteiger partial charge in [-0.3, -0.25) is 4.57 Å². The molecule has 0 spiro atoms. The van der Waals surface area contributed by atoms with Crippen LogP contribution >= 0.6 is 11.8 Å². The topological polar surface area (TPSA) is 113 Å². The molecule has 0 aliphatic rings. The minimum Gasteiger partial charge on any atom is -0.510 e. The van der Waals surface area contributed by atoms with Crippen molar-refractivity contribution in [3.63, 3.8) is 0 Å². The summed E-state index contributed by atoms with van der Waals surface area (Å²) >= 11 is 1.27. The number of methoxy groups -OCH3 is 1. The summed E-state index contributed by atoms with van der Waals surface area (Å²) in [5, 5.41) is 29.5. The van der Waals surface area contributed by atoms with Crippen molar-refractivity contribution in [3.8, 4) is 23.2 Å². The molecule has 2 aromatic heterocycles. The van der Waals surface area contributed by atoms with Crippen LogP contribution in [0.2, 0.25) is 0 Å². The minimum atomic E-state index is -0.0939. The molecule has 0 unspecified atom stereocenters. The smallest absolute Gasteiger partial charge is 0.192 e. The van der Waals surface area contributed by atoms with Crippen molar-refractivity contribution in [1.82, 2.24) is 24.7 Å². The molecule has 2 aromatic carbocycles. The van der Waals surface area contributed by atoms with Gasteiger partial charge in [0.1, 0.15) is 23.2 Å². The number of fused-ring (bicyclic) bond motifs is 1. The molecule has 0 saturated heterocycles. The molecule has 4 rings (SSSR count). The number of allylic oxidation sites excluding steroid dienone is 2. The third-order valence-electron chi connectivity index (χ3n) is 4.74. The van der Waals surface area contributed by atoms with Crippen LogP contribution in [0.5, 0.6) is 5.75 Å². The van der Waals surface area contributed by atoms with E-state index in [-0.39, 0.29) is 17.1 Å². The summed E-state index contributed by atoms with van der Waals surface area (Å²) in [4.78, 5) is 7.48. The summed E-state index contributed by atoms with van der Waals surface area (Å²) in [5.74, 6) is 1.67. The first kappa shape index (κ1) is 21.2. The Balaban J connectivity index is 1.63. The fourth-order valence-electron chi connectivity index (χ4n) is 3.25. The van der Waals surface area contributed by atoms with Crippen LogP contribution in [0.25, 0.3) is 28.0 Å². The number of rotatable bonds is 8. The zero-order valence-electron chi connectivity index (χ0n) is 17.3. The van der Waals surface area contributed by atoms with Gasteiger partial charge in [0.25, 0.3) is 0 Å². The number of hydrogen-bond acceptors (Lipinski definition) is 7. The van der Waals surface area contributed by atoms with E-state index in [4.69, 9.17) is 4.74 Å². The first-order valence-electron chi connectivity index (χ1n) is 9.74. The van der Waals surface area contributed by atoms with Gasteiger partial charge in [-0.2, -0.15) is 5.26 Å². The quantitative estimate of drug-likeness (QED) is 0.177. The molecular formula is C23H20N6O2S. The first-order chi connectivity index (χ1) is 15.7. The van der Waals surface area contributed by atoms with E-state index < -0.39 is 0 Å². The Morgan fingerprint density at radius 1 is 1.25 bits per heavy atom. The van der Waals surface area contributed by atoms with Gasteiger partial charge in [0.15, 0.2) is 16.8 Å². The van der Waals surface area contributed by atoms with Crippen molar-refractivity contribution >= 4 is 28.4 Å². The number of nitrogens with one attached hydrogen (secondary N) is 1. The maximum absolute atomic E-state index is 10.7. The Morgan fingerprint density at radius 2 is 2.03 bits per heavy atom. The first-order valence-corrected chi connectivity index (χ1v) is 10.7. The van der Waals surface area contributed by atoms with Gasteiger partial charge in [-0.05, 0) is 24.3 Å². The number of nitrogens with zero attached hydrogens (tertiary/aromatic N) is 5. The number of para-hydroxylation sites is 3. The third kappa shape index (κ3) is 4.08. The van der Waals surface area contributed by atoms with Crippen molar-refractivity contribution < 1.29 is 9.84 Å². The van der Waals surface area contributed by atoms with Crippen molar-refractivity contribution in [2.45, 2.75) is 11.7 Å². The average molecular weight is 445 g/mol. The molecule has 0 amide bonds. The number of imidazole rings is 1. The van der Waals surface area contributed by atoms with Gasteiger partial charge in [-0.25, -0.2) is 4.98 Å². The molecule has 4 aromatic rings. The van der Waals surface area contributed by atoms with Gasteiger partial charge in [0.05, 0.1) is 29.5 Å². The van der Waals surface area contributed by atoms with Crippen molar-refractivity contribution in [2.75, 3.05) is 12.9 Å². The van der Waals surface area contributed by atoms with Crippen LogP contribution in [-0.2, 0) is 6.54 Å². The van der Waals surface area contributed by atoms with Crippen molar-refractivity contribution in [1.29, 1.82) is 5.26 Å². The number of thioether (sulfide) groups is 1. The zero-order chi connectivity index (χ0) is 22.5. The fourth-order valence-corrected chi connectivity index (χ4v) is 4.07. The molecule has 9 heteroatoms. The van der Waals surface area contributed by atoms with E-state index in [9.17, 15) is 10.4 Å². The van der Waals surface area contributed by atoms with Crippen molar-refractivity contribution in [3.05, 3.63) is 72.8 Å². The van der Waals surface area contributed by atoms with E-state index in [1.54, 1.807) is 13.2 Å². The van der Waals surface area contributed by atoms with Crippen LogP contribution in [-0.4, -0.2) is 42.7 Å². The van der Waals surface area contributed by atoms with Gasteiger partial charge < -0.3 is 14.8 Å². The van der Waals surface area contributed by atoms with Crippen LogP contribution in [0, 0.1) is 11.3 Å². The summed E-state index contributed by atoms with van der Waals surface area (Å²) < 4.78 is 7.34. The van der Waals surface area contributed by atoms with Gasteiger partial charge >= 0.3 is 0 Å². The van der Waals surface area contributed by atoms with Crippen molar-refractivity contribution in [2.24, 2.45) is 0 Å². The van der Waals surface area contributed by atoms with E-state index in [2.05, 4.69) is 26.7 Å². The van der Waals surface area contributed by atoms with E-state index in [1.807, 2.05) is 59.2 Å². The molecule has 0 aliphatic carbocycles. The number of nitriles is 1. The maximum atomic E-state index is 10.7. The lowest BCUT2D eigenvalue weighted by atomic mass is 10.2. The summed E-state index contributed by atoms with van der Waals surface area (Å²) in [6, 6.07) is 17.0. The number of aliphatic hydroxyl groups excluding tert-OH is 1. The lowest BCUT2D eigenvalue weighted by Crippen LogP contribution is -2.03. The highest BCUT2D eigenvalue weighted by Gasteiger charge is 2.19. The fraction of sp³-hybridized carbons (Fsp3) is 0.130. The number of hydrogen-bond donors (Lipinski definition) is 2. The Morgan fingerprint density at radius 3 is 2.78 bits per heavy atom. The number of aromatic amines is 1. The number of benzene rings is 2. The Hall–Kier alpha value is -4.03. The van der Waals surface area contributed by atoms with Gasteiger partial charge in [-0.1, -0.05) is 42.1 Å². The standard InChI is InChI=1S/C23H20N6O2S/c1-3-12-29-22(15-8-4-7-11-20(15)31-2)27-28-23(29)32-14-19(30)16(13-24)21-25-17-9-5-6-10-18(17)26-21/h3-11,30H,1,12,14H2,2H3,(H,25,26)/b19-16-. The Kier molecular flexibility index (Phi) is 6.24. The summed E-state index contributed by atoms with van der Waals surface area (Å²) in [7, 11) is 1.60. The zero-order valence-corrected chi connectivity index (χ0v) is 18.1. The molecule has 0 atom stereocenters. The number of aromatic nitrogens is 5. The van der Waals surface area contributed by atoms with Crippen LogP contribution in [0.3, 0.4) is 0 Å². The molecule has 0 aliphatic heterocycles. The molecular weight excluding hydrogens is 424 g/mol. The molecule has 0 fully saturated rings. The predicted octanol–water partition coefficient (Wildman–Crippen LogP) is 4.60. The van der Waals surface area contributed by atoms with Crippen LogP contribution < -0.4 is 4.74 Å². The maximum Gasteiger partial charge on any atom is 0.192 e. The SMILES string of the molecule is C=CCn1c(SC/C(O)=C(\C#N)c2nc3ccccc3[nH]2)nnc1-c1ccccc1OC. The molecule has 2 N–H and O–H groups in total. The second kappa shape index (κ2) is 9.41. The van der Waals surface area contributed by atoms with Gasteiger partial charge in [0.2, 0.25) is 0 Å². The van der Waals surface area contributed by atoms with Crippen LogP contribution in [0.15, 0.2) is 72.1 Å². The highest BCUT2D eigenvalue weighted by atomic mass is 32.2. The van der Waals surface area contributed by atoms with Crippen LogP contribution in [0.1, 0.15) is 5.82 Å². The molecule has 160 valence electrons. The van der Waals surface area contributed by atoms with E-state index in [1.165, 1.54) is 11.8 Å². The lowest BCUT2D eigenvalue weighted by Gasteiger charge is -2.10. The molecule has 0 radical (unpaired) electrons. The molecule has 0 saturated carbocycles. The number of ether oxygens (including phenoxy) is 1. The highest BCUT2D eigenvalue weighted by Crippen LogP contribution is 2.31. The normalized spacial score (nSPS) is 11.8. The summed E-state index contributed by atoms with van der Waals surface area (Å²) in [5.41, 5.74) is 2.41. The predicted molar refractivity (Wildman–Crippen MR) is 124 cm³/mol. The Labute approximate surface area is 188 Å². The largest absolute Gasteiger partial charge is 0.510 e. The second-order valence-corrected chi connectivity index (χ2v) is 7.67. The number of H-pyrrole nitrogens is 1. The molecule has 0 bridgehead atoms. The van der Waals surface area contributed by atoms with E-state index in [0.717, 1.165) is 16.6 Å². The Bertz CT molecular complexity index is 1320. The highest BCUT2D eigenvalue weighted by molar-refractivity contribution is 7.99. The summed E-state index contributed by atoms with van der Waals surface area (Å²) in [6.45, 7) is 4.29. The molecule has 2 heterocycles. The van der Waals surface area contributed by atoms with Gasteiger partial charge in [-0.15, -0.1) is 16.8 Å². The second-order valence-electron chi connectivity index (χ2n) is 6.73. The third-order valence-corrected chi connectivity index (χ3v) is 5.72. The lowest BCUT2D eigenvalue weighted by molar-refractivity contribution is 0.416.